The minimum atomic E-state index is -4.53. The third kappa shape index (κ3) is 5.12. The van der Waals surface area contributed by atoms with Crippen LogP contribution in [0.25, 0.3) is 6.08 Å². The highest BCUT2D eigenvalue weighted by Crippen LogP contribution is 2.26. The van der Waals surface area contributed by atoms with Crippen LogP contribution in [-0.4, -0.2) is 17.6 Å². The van der Waals surface area contributed by atoms with E-state index in [1.165, 1.54) is 24.3 Å². The third-order valence-electron chi connectivity index (χ3n) is 3.29. The van der Waals surface area contributed by atoms with Crippen molar-refractivity contribution in [1.29, 1.82) is 0 Å². The summed E-state index contributed by atoms with van der Waals surface area (Å²) in [6, 6.07) is 14.1. The Labute approximate surface area is 136 Å². The molecule has 0 bridgehead atoms. The van der Waals surface area contributed by atoms with Crippen LogP contribution in [0.4, 0.5) is 18.9 Å². The minimum absolute atomic E-state index is 0.127. The van der Waals surface area contributed by atoms with Crippen LogP contribution in [-0.2, 0) is 6.42 Å². The fourth-order valence-corrected chi connectivity index (χ4v) is 2.08. The van der Waals surface area contributed by atoms with Crippen molar-refractivity contribution in [3.63, 3.8) is 0 Å². The SMILES string of the molecule is O=[N+]([O-])c1ccc(/C=C(/NCCc2ccccc2)C(F)(F)F)cc1. The Kier molecular flexibility index (Phi) is 5.57. The predicted octanol–water partition coefficient (Wildman–Crippen LogP) is 4.33. The number of halogens is 3. The first-order valence-electron chi connectivity index (χ1n) is 7.17. The smallest absolute Gasteiger partial charge is 0.381 e. The van der Waals surface area contributed by atoms with Gasteiger partial charge < -0.3 is 5.32 Å². The van der Waals surface area contributed by atoms with E-state index in [4.69, 9.17) is 0 Å². The van der Waals surface area contributed by atoms with Crippen LogP contribution in [0, 0.1) is 10.1 Å². The molecule has 0 amide bonds. The number of alkyl halides is 3. The summed E-state index contributed by atoms with van der Waals surface area (Å²) < 4.78 is 39.3. The highest BCUT2D eigenvalue weighted by Gasteiger charge is 2.33. The van der Waals surface area contributed by atoms with Gasteiger partial charge in [0.1, 0.15) is 5.70 Å². The van der Waals surface area contributed by atoms with Gasteiger partial charge in [0, 0.05) is 18.7 Å². The van der Waals surface area contributed by atoms with E-state index < -0.39 is 16.8 Å². The number of non-ortho nitro benzene ring substituents is 1. The van der Waals surface area contributed by atoms with Crippen LogP contribution < -0.4 is 5.32 Å². The molecule has 0 aliphatic carbocycles. The van der Waals surface area contributed by atoms with E-state index in [0.29, 0.717) is 6.42 Å². The molecule has 0 heterocycles. The van der Waals surface area contributed by atoms with Gasteiger partial charge in [-0.1, -0.05) is 30.3 Å². The second-order valence-electron chi connectivity index (χ2n) is 5.07. The lowest BCUT2D eigenvalue weighted by molar-refractivity contribution is -0.384. The number of nitro benzene ring substituents is 1. The molecule has 126 valence electrons. The normalized spacial score (nSPS) is 12.0. The van der Waals surface area contributed by atoms with Crippen LogP contribution in [0.2, 0.25) is 0 Å². The molecule has 0 fully saturated rings. The van der Waals surface area contributed by atoms with E-state index in [9.17, 15) is 23.3 Å². The Hall–Kier alpha value is -2.83. The van der Waals surface area contributed by atoms with Gasteiger partial charge in [0.05, 0.1) is 4.92 Å². The molecule has 0 aliphatic heterocycles. The Balaban J connectivity index is 2.08. The van der Waals surface area contributed by atoms with Crippen molar-refractivity contribution in [2.45, 2.75) is 12.6 Å². The van der Waals surface area contributed by atoms with E-state index in [0.717, 1.165) is 11.6 Å². The van der Waals surface area contributed by atoms with Crippen LogP contribution in [0.15, 0.2) is 60.3 Å². The van der Waals surface area contributed by atoms with Crippen molar-refractivity contribution in [3.05, 3.63) is 81.5 Å². The van der Waals surface area contributed by atoms with Gasteiger partial charge in [0.2, 0.25) is 0 Å². The maximum Gasteiger partial charge on any atom is 0.430 e. The van der Waals surface area contributed by atoms with Gasteiger partial charge in [-0.05, 0) is 35.8 Å². The van der Waals surface area contributed by atoms with E-state index in [1.807, 2.05) is 30.3 Å². The van der Waals surface area contributed by atoms with Crippen molar-refractivity contribution < 1.29 is 18.1 Å². The topological polar surface area (TPSA) is 55.2 Å². The summed E-state index contributed by atoms with van der Waals surface area (Å²) in [5.41, 5.74) is 0.118. The van der Waals surface area contributed by atoms with E-state index in [2.05, 4.69) is 5.32 Å². The molecule has 0 saturated heterocycles. The van der Waals surface area contributed by atoms with Gasteiger partial charge in [0.15, 0.2) is 0 Å². The molecule has 0 spiro atoms. The van der Waals surface area contributed by atoms with Gasteiger partial charge in [-0.3, -0.25) is 10.1 Å². The van der Waals surface area contributed by atoms with Crippen molar-refractivity contribution in [1.82, 2.24) is 5.32 Å². The second-order valence-corrected chi connectivity index (χ2v) is 5.07. The zero-order valence-electron chi connectivity index (χ0n) is 12.6. The monoisotopic (exact) mass is 336 g/mol. The molecule has 24 heavy (non-hydrogen) atoms. The fraction of sp³-hybridized carbons (Fsp3) is 0.176. The van der Waals surface area contributed by atoms with Crippen LogP contribution >= 0.6 is 0 Å². The first kappa shape index (κ1) is 17.5. The predicted molar refractivity (Wildman–Crippen MR) is 85.3 cm³/mol. The molecular weight excluding hydrogens is 321 g/mol. The maximum absolute atomic E-state index is 13.1. The Morgan fingerprint density at radius 3 is 2.25 bits per heavy atom. The molecule has 2 aromatic carbocycles. The zero-order valence-corrected chi connectivity index (χ0v) is 12.6. The lowest BCUT2D eigenvalue weighted by atomic mass is 10.1. The number of hydrogen-bond donors (Lipinski definition) is 1. The summed E-state index contributed by atoms with van der Waals surface area (Å²) in [5.74, 6) is 0. The molecule has 7 heteroatoms. The largest absolute Gasteiger partial charge is 0.430 e. The average molecular weight is 336 g/mol. The van der Waals surface area contributed by atoms with Crippen LogP contribution in [0.3, 0.4) is 0 Å². The Morgan fingerprint density at radius 1 is 1.08 bits per heavy atom. The first-order chi connectivity index (χ1) is 11.4. The highest BCUT2D eigenvalue weighted by molar-refractivity contribution is 5.55. The van der Waals surface area contributed by atoms with Gasteiger partial charge in [0.25, 0.3) is 5.69 Å². The number of nitrogens with one attached hydrogen (secondary N) is 1. The maximum atomic E-state index is 13.1. The molecule has 0 saturated carbocycles. The van der Waals surface area contributed by atoms with Crippen molar-refractivity contribution in [3.8, 4) is 0 Å². The summed E-state index contributed by atoms with van der Waals surface area (Å²) in [4.78, 5) is 9.97. The number of nitro groups is 1. The van der Waals surface area contributed by atoms with Crippen LogP contribution in [0.5, 0.6) is 0 Å². The number of hydrogen-bond acceptors (Lipinski definition) is 3. The molecule has 0 radical (unpaired) electrons. The van der Waals surface area contributed by atoms with Gasteiger partial charge in [-0.2, -0.15) is 13.2 Å². The summed E-state index contributed by atoms with van der Waals surface area (Å²) in [7, 11) is 0. The van der Waals surface area contributed by atoms with Gasteiger partial charge in [-0.15, -0.1) is 0 Å². The lowest BCUT2D eigenvalue weighted by Gasteiger charge is -2.14. The molecule has 0 aliphatic rings. The zero-order chi connectivity index (χ0) is 17.6. The first-order valence-corrected chi connectivity index (χ1v) is 7.17. The van der Waals surface area contributed by atoms with Crippen LogP contribution in [0.1, 0.15) is 11.1 Å². The molecule has 4 nitrogen and oxygen atoms in total. The summed E-state index contributed by atoms with van der Waals surface area (Å²) in [6.45, 7) is 0.127. The summed E-state index contributed by atoms with van der Waals surface area (Å²) >= 11 is 0. The number of allylic oxidation sites excluding steroid dienone is 1. The standard InChI is InChI=1S/C17H15F3N2O2/c18-17(19,20)16(21-11-10-13-4-2-1-3-5-13)12-14-6-8-15(9-7-14)22(23)24/h1-9,12,21H,10-11H2/b16-12+. The summed E-state index contributed by atoms with van der Waals surface area (Å²) in [5, 5.41) is 13.0. The summed E-state index contributed by atoms with van der Waals surface area (Å²) in [6.07, 6.45) is -3.14. The lowest BCUT2D eigenvalue weighted by Crippen LogP contribution is -2.27. The molecule has 2 rings (SSSR count). The Morgan fingerprint density at radius 2 is 1.71 bits per heavy atom. The second kappa shape index (κ2) is 7.63. The number of rotatable bonds is 6. The molecular formula is C17H15F3N2O2. The Bertz CT molecular complexity index is 711. The average Bonchev–Trinajstić information content (AvgIpc) is 2.54. The molecule has 0 aromatic heterocycles. The van der Waals surface area contributed by atoms with E-state index in [1.54, 1.807) is 0 Å². The van der Waals surface area contributed by atoms with Gasteiger partial charge >= 0.3 is 6.18 Å². The highest BCUT2D eigenvalue weighted by atomic mass is 19.4. The fourth-order valence-electron chi connectivity index (χ4n) is 2.08. The molecule has 0 atom stereocenters. The van der Waals surface area contributed by atoms with E-state index in [-0.39, 0.29) is 17.8 Å². The van der Waals surface area contributed by atoms with Crippen molar-refractivity contribution >= 4 is 11.8 Å². The van der Waals surface area contributed by atoms with E-state index >= 15 is 0 Å². The van der Waals surface area contributed by atoms with Crippen molar-refractivity contribution in [2.24, 2.45) is 0 Å². The third-order valence-corrected chi connectivity index (χ3v) is 3.29. The minimum Gasteiger partial charge on any atom is -0.381 e. The van der Waals surface area contributed by atoms with Gasteiger partial charge in [-0.25, -0.2) is 0 Å². The number of benzene rings is 2. The molecule has 2 aromatic rings. The molecule has 0 unspecified atom stereocenters. The quantitative estimate of drug-likeness (QED) is 0.631. The molecule has 1 N–H and O–H groups in total. The van der Waals surface area contributed by atoms with Crippen molar-refractivity contribution in [2.75, 3.05) is 6.54 Å². The number of nitrogens with zero attached hydrogens (tertiary/aromatic N) is 1.